The van der Waals surface area contributed by atoms with Crippen molar-refractivity contribution in [3.63, 3.8) is 0 Å². The van der Waals surface area contributed by atoms with Crippen LogP contribution in [0.4, 0.5) is 0 Å². The van der Waals surface area contributed by atoms with Gasteiger partial charge in [0.25, 0.3) is 0 Å². The first kappa shape index (κ1) is 14.6. The van der Waals surface area contributed by atoms with Crippen LogP contribution in [0.5, 0.6) is 0 Å². The van der Waals surface area contributed by atoms with Crippen LogP contribution in [0.15, 0.2) is 12.7 Å². The lowest BCUT2D eigenvalue weighted by Gasteiger charge is -2.02. The third-order valence-electron chi connectivity index (χ3n) is 1.28. The maximum atomic E-state index is 9.25. The molecule has 0 aliphatic heterocycles. The van der Waals surface area contributed by atoms with E-state index in [2.05, 4.69) is 13.5 Å². The molecule has 1 unspecified atom stereocenters. The maximum absolute atomic E-state index is 9.25. The molecule has 0 spiro atoms. The standard InChI is InChI=1S/C6H14O2.C3H4O2/c1-2-3-4-6(8)5-7;1-2-3(4)5/h6-8H,2-5H2,1H3;2H,1H2,(H,4,5). The Morgan fingerprint density at radius 3 is 2.31 bits per heavy atom. The molecular weight excluding hydrogens is 172 g/mol. The van der Waals surface area contributed by atoms with Gasteiger partial charge in [-0.15, -0.1) is 0 Å². The van der Waals surface area contributed by atoms with E-state index in [1.807, 2.05) is 0 Å². The predicted octanol–water partition coefficient (Wildman–Crippen LogP) is 0.787. The Kier molecular flexibility index (Phi) is 12.5. The molecule has 0 saturated carbocycles. The van der Waals surface area contributed by atoms with Gasteiger partial charge in [0.05, 0.1) is 12.7 Å². The predicted molar refractivity (Wildman–Crippen MR) is 50.5 cm³/mol. The summed E-state index contributed by atoms with van der Waals surface area (Å²) in [5.74, 6) is -0.981. The quantitative estimate of drug-likeness (QED) is 0.560. The molecule has 0 aromatic heterocycles. The number of aliphatic hydroxyl groups is 2. The third-order valence-corrected chi connectivity index (χ3v) is 1.28. The maximum Gasteiger partial charge on any atom is 0.327 e. The number of hydrogen-bond donors (Lipinski definition) is 3. The minimum atomic E-state index is -0.981. The van der Waals surface area contributed by atoms with E-state index < -0.39 is 12.1 Å². The average Bonchev–Trinajstić information content (AvgIpc) is 2.15. The second-order valence-electron chi connectivity index (χ2n) is 2.52. The highest BCUT2D eigenvalue weighted by molar-refractivity contribution is 5.78. The zero-order valence-electron chi connectivity index (χ0n) is 7.94. The van der Waals surface area contributed by atoms with Gasteiger partial charge in [-0.05, 0) is 6.42 Å². The molecule has 0 aromatic rings. The molecule has 0 fully saturated rings. The molecule has 0 aliphatic carbocycles. The fraction of sp³-hybridized carbons (Fsp3) is 0.667. The summed E-state index contributed by atoms with van der Waals surface area (Å²) in [7, 11) is 0. The van der Waals surface area contributed by atoms with Gasteiger partial charge in [0.1, 0.15) is 0 Å². The SMILES string of the molecule is C=CC(=O)O.CCCCC(O)CO. The molecular formula is C9H18O4. The zero-order valence-corrected chi connectivity index (χ0v) is 7.94. The van der Waals surface area contributed by atoms with Crippen LogP contribution in [0.1, 0.15) is 26.2 Å². The summed E-state index contributed by atoms with van der Waals surface area (Å²) in [6.45, 7) is 4.92. The highest BCUT2D eigenvalue weighted by Crippen LogP contribution is 1.97. The van der Waals surface area contributed by atoms with Crippen molar-refractivity contribution in [2.75, 3.05) is 6.61 Å². The van der Waals surface area contributed by atoms with Crippen LogP contribution in [0.3, 0.4) is 0 Å². The summed E-state index contributed by atoms with van der Waals surface area (Å²) in [6.07, 6.45) is 3.15. The van der Waals surface area contributed by atoms with Crippen molar-refractivity contribution in [1.29, 1.82) is 0 Å². The number of carbonyl (C=O) groups is 1. The molecule has 3 N–H and O–H groups in total. The van der Waals surface area contributed by atoms with Crippen LogP contribution in [-0.4, -0.2) is 34.0 Å². The third kappa shape index (κ3) is 18.2. The summed E-state index contributed by atoms with van der Waals surface area (Å²) in [4.78, 5) is 9.25. The highest BCUT2D eigenvalue weighted by atomic mass is 16.4. The van der Waals surface area contributed by atoms with Crippen LogP contribution in [-0.2, 0) is 4.79 Å². The van der Waals surface area contributed by atoms with E-state index in [1.54, 1.807) is 0 Å². The Morgan fingerprint density at radius 2 is 2.08 bits per heavy atom. The van der Waals surface area contributed by atoms with Crippen molar-refractivity contribution in [3.05, 3.63) is 12.7 Å². The molecule has 4 heteroatoms. The summed E-state index contributed by atoms with van der Waals surface area (Å²) in [5, 5.41) is 24.7. The Labute approximate surface area is 78.5 Å². The first-order valence-corrected chi connectivity index (χ1v) is 4.22. The molecule has 0 rings (SSSR count). The summed E-state index contributed by atoms with van der Waals surface area (Å²) in [5.41, 5.74) is 0. The van der Waals surface area contributed by atoms with Crippen molar-refractivity contribution in [1.82, 2.24) is 0 Å². The molecule has 0 saturated heterocycles. The van der Waals surface area contributed by atoms with E-state index in [1.165, 1.54) is 0 Å². The van der Waals surface area contributed by atoms with E-state index in [-0.39, 0.29) is 6.61 Å². The van der Waals surface area contributed by atoms with Gasteiger partial charge in [-0.3, -0.25) is 0 Å². The van der Waals surface area contributed by atoms with E-state index >= 15 is 0 Å². The van der Waals surface area contributed by atoms with Gasteiger partial charge in [-0.25, -0.2) is 4.79 Å². The first-order valence-electron chi connectivity index (χ1n) is 4.22. The number of rotatable bonds is 5. The number of hydrogen-bond acceptors (Lipinski definition) is 3. The Bertz CT molecular complexity index is 134. The lowest BCUT2D eigenvalue weighted by atomic mass is 10.2. The van der Waals surface area contributed by atoms with Gasteiger partial charge in [0.15, 0.2) is 0 Å². The van der Waals surface area contributed by atoms with Crippen LogP contribution >= 0.6 is 0 Å². The average molecular weight is 190 g/mol. The van der Waals surface area contributed by atoms with Crippen molar-refractivity contribution >= 4 is 5.97 Å². The van der Waals surface area contributed by atoms with Crippen molar-refractivity contribution in [2.24, 2.45) is 0 Å². The lowest BCUT2D eigenvalue weighted by molar-refractivity contribution is -0.131. The number of carboxylic acids is 1. The Balaban J connectivity index is 0. The summed E-state index contributed by atoms with van der Waals surface area (Å²) >= 11 is 0. The van der Waals surface area contributed by atoms with E-state index in [4.69, 9.17) is 15.3 Å². The Morgan fingerprint density at radius 1 is 1.62 bits per heavy atom. The summed E-state index contributed by atoms with van der Waals surface area (Å²) < 4.78 is 0. The minimum absolute atomic E-state index is 0.0972. The van der Waals surface area contributed by atoms with E-state index in [9.17, 15) is 4.79 Å². The van der Waals surface area contributed by atoms with E-state index in [0.717, 1.165) is 25.3 Å². The highest BCUT2D eigenvalue weighted by Gasteiger charge is 1.97. The topological polar surface area (TPSA) is 77.8 Å². The van der Waals surface area contributed by atoms with Gasteiger partial charge < -0.3 is 15.3 Å². The van der Waals surface area contributed by atoms with Crippen LogP contribution in [0, 0.1) is 0 Å². The fourth-order valence-electron chi connectivity index (χ4n) is 0.531. The van der Waals surface area contributed by atoms with Gasteiger partial charge in [0, 0.05) is 6.08 Å². The molecule has 0 aromatic carbocycles. The largest absolute Gasteiger partial charge is 0.478 e. The lowest BCUT2D eigenvalue weighted by Crippen LogP contribution is -2.10. The molecule has 4 nitrogen and oxygen atoms in total. The fourth-order valence-corrected chi connectivity index (χ4v) is 0.531. The van der Waals surface area contributed by atoms with Crippen molar-refractivity contribution in [3.8, 4) is 0 Å². The molecule has 0 radical (unpaired) electrons. The van der Waals surface area contributed by atoms with Gasteiger partial charge >= 0.3 is 5.97 Å². The monoisotopic (exact) mass is 190 g/mol. The molecule has 1 atom stereocenters. The van der Waals surface area contributed by atoms with Gasteiger partial charge in [-0.2, -0.15) is 0 Å². The van der Waals surface area contributed by atoms with Crippen molar-refractivity contribution in [2.45, 2.75) is 32.3 Å². The molecule has 0 heterocycles. The number of aliphatic carboxylic acids is 1. The number of unbranched alkanes of at least 4 members (excludes halogenated alkanes) is 1. The van der Waals surface area contributed by atoms with Crippen LogP contribution in [0.2, 0.25) is 0 Å². The second-order valence-corrected chi connectivity index (χ2v) is 2.52. The minimum Gasteiger partial charge on any atom is -0.478 e. The van der Waals surface area contributed by atoms with Crippen LogP contribution < -0.4 is 0 Å². The molecule has 0 bridgehead atoms. The molecule has 13 heavy (non-hydrogen) atoms. The summed E-state index contributed by atoms with van der Waals surface area (Å²) in [6, 6.07) is 0. The van der Waals surface area contributed by atoms with Crippen LogP contribution in [0.25, 0.3) is 0 Å². The first-order chi connectivity index (χ1) is 6.08. The molecule has 0 aliphatic rings. The number of carboxylic acid groups (broad SMARTS) is 1. The Hall–Kier alpha value is -0.870. The number of aliphatic hydroxyl groups excluding tert-OH is 2. The van der Waals surface area contributed by atoms with Crippen molar-refractivity contribution < 1.29 is 20.1 Å². The van der Waals surface area contributed by atoms with E-state index in [0.29, 0.717) is 0 Å². The zero-order chi connectivity index (χ0) is 10.7. The van der Waals surface area contributed by atoms with Gasteiger partial charge in [-0.1, -0.05) is 26.3 Å². The smallest absolute Gasteiger partial charge is 0.327 e. The van der Waals surface area contributed by atoms with Gasteiger partial charge in [0.2, 0.25) is 0 Å². The molecule has 0 amide bonds. The normalized spacial score (nSPS) is 11.0. The molecule has 78 valence electrons. The second kappa shape index (κ2) is 11.1.